The average molecular weight is 434 g/mol. The zero-order valence-corrected chi connectivity index (χ0v) is 19.1. The number of fused-ring (bicyclic) bond motifs is 5. The van der Waals surface area contributed by atoms with Gasteiger partial charge in [-0.2, -0.15) is 0 Å². The lowest BCUT2D eigenvalue weighted by Crippen LogP contribution is -2.54. The molecule has 2 fully saturated rings. The molecular weight excluding hydrogens is 398 g/mol. The Morgan fingerprint density at radius 3 is 2.94 bits per heavy atom. The summed E-state index contributed by atoms with van der Waals surface area (Å²) in [4.78, 5) is 7.06. The lowest BCUT2D eigenvalue weighted by molar-refractivity contribution is -0.0634. The summed E-state index contributed by atoms with van der Waals surface area (Å²) in [5, 5.41) is 25.0. The van der Waals surface area contributed by atoms with E-state index in [9.17, 15) is 10.3 Å². The number of oxime groups is 1. The third-order valence-electron chi connectivity index (χ3n) is 9.68. The molecule has 170 valence electrons. The third-order valence-corrected chi connectivity index (χ3v) is 9.68. The van der Waals surface area contributed by atoms with Crippen molar-refractivity contribution in [2.45, 2.75) is 82.9 Å². The second-order valence-corrected chi connectivity index (χ2v) is 11.1. The summed E-state index contributed by atoms with van der Waals surface area (Å²) < 4.78 is 0. The minimum absolute atomic E-state index is 0.101. The van der Waals surface area contributed by atoms with Gasteiger partial charge in [0.1, 0.15) is 0 Å². The van der Waals surface area contributed by atoms with E-state index in [4.69, 9.17) is 0 Å². The van der Waals surface area contributed by atoms with Crippen LogP contribution in [-0.4, -0.2) is 44.1 Å². The second kappa shape index (κ2) is 7.53. The van der Waals surface area contributed by atoms with E-state index < -0.39 is 5.60 Å². The van der Waals surface area contributed by atoms with Crippen LogP contribution in [0.4, 0.5) is 0 Å². The highest BCUT2D eigenvalue weighted by atomic mass is 16.4. The van der Waals surface area contributed by atoms with E-state index in [-0.39, 0.29) is 5.41 Å². The van der Waals surface area contributed by atoms with Crippen LogP contribution < -0.4 is 0 Å². The first-order valence-electron chi connectivity index (χ1n) is 12.5. The van der Waals surface area contributed by atoms with Gasteiger partial charge in [0.05, 0.1) is 11.3 Å². The Labute approximate surface area is 190 Å². The quantitative estimate of drug-likeness (QED) is 0.500. The summed E-state index contributed by atoms with van der Waals surface area (Å²) in [6.07, 6.45) is 17.5. The van der Waals surface area contributed by atoms with Crippen LogP contribution in [0.15, 0.2) is 46.9 Å². The molecule has 5 nitrogen and oxygen atoms in total. The van der Waals surface area contributed by atoms with E-state index in [2.05, 4.69) is 40.2 Å². The molecule has 4 unspecified atom stereocenters. The fraction of sp³-hybridized carbons (Fsp3) is 0.630. The summed E-state index contributed by atoms with van der Waals surface area (Å²) >= 11 is 0. The summed E-state index contributed by atoms with van der Waals surface area (Å²) in [6, 6.07) is 2.68. The Morgan fingerprint density at radius 1 is 1.16 bits per heavy atom. The molecule has 5 heteroatoms. The molecule has 6 rings (SSSR count). The first-order valence-corrected chi connectivity index (χ1v) is 12.5. The van der Waals surface area contributed by atoms with Crippen LogP contribution in [-0.2, 0) is 13.0 Å². The molecule has 5 aliphatic rings. The van der Waals surface area contributed by atoms with Gasteiger partial charge in [-0.3, -0.25) is 9.88 Å². The summed E-state index contributed by atoms with van der Waals surface area (Å²) in [7, 11) is 0. The highest BCUT2D eigenvalue weighted by Crippen LogP contribution is 2.60. The van der Waals surface area contributed by atoms with E-state index in [1.165, 1.54) is 28.7 Å². The largest absolute Gasteiger partial charge is 0.411 e. The van der Waals surface area contributed by atoms with Gasteiger partial charge in [-0.25, -0.2) is 0 Å². The molecule has 0 amide bonds. The van der Waals surface area contributed by atoms with Crippen LogP contribution in [0.2, 0.25) is 0 Å². The second-order valence-electron chi connectivity index (χ2n) is 11.1. The first kappa shape index (κ1) is 20.6. The summed E-state index contributed by atoms with van der Waals surface area (Å²) in [6.45, 7) is 4.54. The standard InChI is InChI=1S/C27H35N3O2/c1-26-10-7-22-14-19-2-3-23(29-32)15-20(19)6-11-27(22,31)24(26)4-5-25(26)30-13-9-18-8-12-28-16-21(18)17-30/h7-8,12,14,16,20,24-25,31-32H,2-6,9-11,13,15,17H2,1H3/t20?,24?,25?,26?,27-/m1/s1. The van der Waals surface area contributed by atoms with Crippen molar-refractivity contribution in [2.75, 3.05) is 6.54 Å². The molecule has 2 saturated carbocycles. The molecule has 0 radical (unpaired) electrons. The van der Waals surface area contributed by atoms with Crippen molar-refractivity contribution in [3.8, 4) is 0 Å². The first-order chi connectivity index (χ1) is 15.5. The number of hydrogen-bond acceptors (Lipinski definition) is 5. The molecule has 0 bridgehead atoms. The normalized spacial score (nSPS) is 40.4. The van der Waals surface area contributed by atoms with Gasteiger partial charge in [0.25, 0.3) is 0 Å². The number of hydrogen-bond donors (Lipinski definition) is 2. The maximum atomic E-state index is 12.2. The zero-order valence-electron chi connectivity index (χ0n) is 19.1. The molecule has 1 aromatic rings. The van der Waals surface area contributed by atoms with Crippen molar-refractivity contribution < 1.29 is 10.3 Å². The lowest BCUT2D eigenvalue weighted by atomic mass is 9.60. The Kier molecular flexibility index (Phi) is 4.85. The molecule has 4 aliphatic carbocycles. The molecule has 2 N–H and O–H groups in total. The molecule has 32 heavy (non-hydrogen) atoms. The van der Waals surface area contributed by atoms with E-state index in [0.29, 0.717) is 17.9 Å². The van der Waals surface area contributed by atoms with Gasteiger partial charge in [0.2, 0.25) is 0 Å². The van der Waals surface area contributed by atoms with Crippen molar-refractivity contribution in [1.82, 2.24) is 9.88 Å². The van der Waals surface area contributed by atoms with Crippen LogP contribution >= 0.6 is 0 Å². The SMILES string of the molecule is CC12CC=C3C=C4CCC(=NO)CC4CC[C@]3(O)C1CCC2N1CCc2ccncc2C1. The van der Waals surface area contributed by atoms with Crippen molar-refractivity contribution >= 4 is 5.71 Å². The predicted molar refractivity (Wildman–Crippen MR) is 124 cm³/mol. The Bertz CT molecular complexity index is 1010. The number of allylic oxidation sites excluding steroid dienone is 2. The van der Waals surface area contributed by atoms with Crippen molar-refractivity contribution in [3.63, 3.8) is 0 Å². The fourth-order valence-electron chi connectivity index (χ4n) is 7.93. The van der Waals surface area contributed by atoms with Crippen molar-refractivity contribution in [1.29, 1.82) is 0 Å². The van der Waals surface area contributed by atoms with Gasteiger partial charge >= 0.3 is 0 Å². The average Bonchev–Trinajstić information content (AvgIpc) is 3.10. The summed E-state index contributed by atoms with van der Waals surface area (Å²) in [5.74, 6) is 0.720. The topological polar surface area (TPSA) is 69.0 Å². The van der Waals surface area contributed by atoms with Gasteiger partial charge in [-0.05, 0) is 97.8 Å². The maximum Gasteiger partial charge on any atom is 0.0927 e. The molecule has 1 aliphatic heterocycles. The van der Waals surface area contributed by atoms with E-state index in [1.54, 1.807) is 0 Å². The van der Waals surface area contributed by atoms with Crippen LogP contribution in [0.5, 0.6) is 0 Å². The van der Waals surface area contributed by atoms with Crippen LogP contribution in [0.25, 0.3) is 0 Å². The van der Waals surface area contributed by atoms with Crippen molar-refractivity contribution in [3.05, 3.63) is 52.9 Å². The molecule has 1 aromatic heterocycles. The highest BCUT2D eigenvalue weighted by Gasteiger charge is 2.59. The van der Waals surface area contributed by atoms with Crippen molar-refractivity contribution in [2.24, 2.45) is 22.4 Å². The third kappa shape index (κ3) is 3.04. The number of nitrogens with zero attached hydrogens (tertiary/aromatic N) is 3. The molecule has 0 aromatic carbocycles. The maximum absolute atomic E-state index is 12.2. The minimum atomic E-state index is -0.724. The van der Waals surface area contributed by atoms with Gasteiger partial charge in [-0.1, -0.05) is 29.8 Å². The fourth-order valence-corrected chi connectivity index (χ4v) is 7.93. The van der Waals surface area contributed by atoms with Gasteiger partial charge in [-0.15, -0.1) is 0 Å². The zero-order chi connectivity index (χ0) is 21.9. The van der Waals surface area contributed by atoms with Gasteiger partial charge in [0.15, 0.2) is 0 Å². The smallest absolute Gasteiger partial charge is 0.0927 e. The predicted octanol–water partition coefficient (Wildman–Crippen LogP) is 4.64. The van der Waals surface area contributed by atoms with Gasteiger partial charge < -0.3 is 10.3 Å². The Balaban J connectivity index is 1.29. The van der Waals surface area contributed by atoms with Crippen LogP contribution in [0.3, 0.4) is 0 Å². The molecular formula is C27H35N3O2. The number of aliphatic hydroxyl groups is 1. The molecule has 2 heterocycles. The minimum Gasteiger partial charge on any atom is -0.411 e. The van der Waals surface area contributed by atoms with Crippen LogP contribution in [0, 0.1) is 17.3 Å². The number of pyridine rings is 1. The van der Waals surface area contributed by atoms with Crippen LogP contribution in [0.1, 0.15) is 69.4 Å². The highest BCUT2D eigenvalue weighted by molar-refractivity contribution is 5.85. The Hall–Kier alpha value is -1.98. The molecule has 0 spiro atoms. The van der Waals surface area contributed by atoms with E-state index in [1.807, 2.05) is 12.4 Å². The lowest BCUT2D eigenvalue weighted by Gasteiger charge is -2.51. The Morgan fingerprint density at radius 2 is 2.06 bits per heavy atom. The monoisotopic (exact) mass is 433 g/mol. The van der Waals surface area contributed by atoms with Gasteiger partial charge in [0, 0.05) is 31.5 Å². The van der Waals surface area contributed by atoms with E-state index in [0.717, 1.165) is 70.2 Å². The number of rotatable bonds is 1. The molecule has 5 atom stereocenters. The number of aromatic nitrogens is 1. The summed E-state index contributed by atoms with van der Waals surface area (Å²) in [5.41, 5.74) is 5.75. The van der Waals surface area contributed by atoms with E-state index >= 15 is 0 Å². The molecule has 0 saturated heterocycles.